The van der Waals surface area contributed by atoms with E-state index in [2.05, 4.69) is 15.1 Å². The second-order valence-corrected chi connectivity index (χ2v) is 6.65. The van der Waals surface area contributed by atoms with Crippen molar-refractivity contribution < 1.29 is 9.63 Å². The highest BCUT2D eigenvalue weighted by Crippen LogP contribution is 2.35. The average Bonchev–Trinajstić information content (AvgIpc) is 3.17. The molecule has 1 N–H and O–H groups in total. The Hall–Kier alpha value is -2.28. The molecule has 0 saturated carbocycles. The number of phenolic OH excluding ortho intramolecular Hbond substituents is 1. The van der Waals surface area contributed by atoms with Crippen molar-refractivity contribution in [1.29, 1.82) is 0 Å². The number of aromatic hydroxyl groups is 1. The maximum Gasteiger partial charge on any atom is 0.278 e. The molecular formula is C16H9Cl3N4O2. The Labute approximate surface area is 156 Å². The van der Waals surface area contributed by atoms with Gasteiger partial charge < -0.3 is 14.0 Å². The lowest BCUT2D eigenvalue weighted by atomic mass is 10.2. The number of fused-ring (bicyclic) bond motifs is 1. The maximum absolute atomic E-state index is 9.58. The summed E-state index contributed by atoms with van der Waals surface area (Å²) in [6, 6.07) is 4.62. The molecular weight excluding hydrogens is 387 g/mol. The lowest BCUT2D eigenvalue weighted by Gasteiger charge is -2.01. The zero-order chi connectivity index (χ0) is 17.7. The Morgan fingerprint density at radius 3 is 2.60 bits per heavy atom. The van der Waals surface area contributed by atoms with Gasteiger partial charge in [0.15, 0.2) is 5.65 Å². The first kappa shape index (κ1) is 16.2. The van der Waals surface area contributed by atoms with Gasteiger partial charge in [-0.1, -0.05) is 40.0 Å². The van der Waals surface area contributed by atoms with Crippen LogP contribution in [-0.2, 0) is 0 Å². The monoisotopic (exact) mass is 394 g/mol. The standard InChI is InChI=1S/C16H9Cl3N4O2/c1-7-2-11(19)15-20-12(6-23(15)5-7)16-21-14(22-25-16)8-3-10(18)13(24)4-9(8)17/h2-6,24H,1H3. The number of hydrogen-bond acceptors (Lipinski definition) is 5. The number of nitrogens with zero attached hydrogens (tertiary/aromatic N) is 4. The van der Waals surface area contributed by atoms with Gasteiger partial charge in [0.1, 0.15) is 11.4 Å². The van der Waals surface area contributed by atoms with Crippen LogP contribution in [0.4, 0.5) is 0 Å². The summed E-state index contributed by atoms with van der Waals surface area (Å²) in [4.78, 5) is 8.73. The van der Waals surface area contributed by atoms with E-state index in [4.69, 9.17) is 39.3 Å². The van der Waals surface area contributed by atoms with Gasteiger partial charge in [0, 0.05) is 24.0 Å². The summed E-state index contributed by atoms with van der Waals surface area (Å²) in [5.74, 6) is 0.332. The van der Waals surface area contributed by atoms with Crippen LogP contribution in [0.25, 0.3) is 28.6 Å². The molecule has 0 amide bonds. The second kappa shape index (κ2) is 5.91. The highest BCUT2D eigenvalue weighted by atomic mass is 35.5. The molecule has 0 aliphatic carbocycles. The molecule has 0 aliphatic heterocycles. The third-order valence-corrected chi connectivity index (χ3v) is 4.46. The minimum atomic E-state index is -0.121. The van der Waals surface area contributed by atoms with Gasteiger partial charge >= 0.3 is 0 Å². The minimum absolute atomic E-state index is 0.121. The number of benzene rings is 1. The van der Waals surface area contributed by atoms with Crippen LogP contribution in [0.15, 0.2) is 35.1 Å². The molecule has 0 atom stereocenters. The molecule has 9 heteroatoms. The van der Waals surface area contributed by atoms with Gasteiger partial charge in [-0.05, 0) is 24.6 Å². The van der Waals surface area contributed by atoms with Gasteiger partial charge in [-0.2, -0.15) is 4.98 Å². The number of halogens is 3. The van der Waals surface area contributed by atoms with E-state index in [-0.39, 0.29) is 27.5 Å². The molecule has 0 aliphatic rings. The smallest absolute Gasteiger partial charge is 0.278 e. The molecule has 0 radical (unpaired) electrons. The normalized spacial score (nSPS) is 11.4. The molecule has 3 heterocycles. The van der Waals surface area contributed by atoms with Crippen molar-refractivity contribution in [2.75, 3.05) is 0 Å². The summed E-state index contributed by atoms with van der Waals surface area (Å²) in [6.45, 7) is 1.94. The Morgan fingerprint density at radius 2 is 1.80 bits per heavy atom. The van der Waals surface area contributed by atoms with Crippen LogP contribution in [0.1, 0.15) is 5.56 Å². The minimum Gasteiger partial charge on any atom is -0.506 e. The topological polar surface area (TPSA) is 76.5 Å². The fourth-order valence-corrected chi connectivity index (χ4v) is 3.16. The Balaban J connectivity index is 1.80. The molecule has 126 valence electrons. The van der Waals surface area contributed by atoms with E-state index in [1.165, 1.54) is 12.1 Å². The maximum atomic E-state index is 9.58. The quantitative estimate of drug-likeness (QED) is 0.515. The predicted octanol–water partition coefficient (Wildman–Crippen LogP) is 5.03. The van der Waals surface area contributed by atoms with E-state index < -0.39 is 0 Å². The van der Waals surface area contributed by atoms with Gasteiger partial charge in [-0.15, -0.1) is 0 Å². The molecule has 25 heavy (non-hydrogen) atoms. The molecule has 0 spiro atoms. The van der Waals surface area contributed by atoms with E-state index >= 15 is 0 Å². The van der Waals surface area contributed by atoms with Crippen molar-refractivity contribution >= 4 is 40.4 Å². The van der Waals surface area contributed by atoms with Gasteiger partial charge in [0.05, 0.1) is 15.1 Å². The molecule has 0 unspecified atom stereocenters. The molecule has 1 aromatic carbocycles. The zero-order valence-corrected chi connectivity index (χ0v) is 14.9. The van der Waals surface area contributed by atoms with Crippen molar-refractivity contribution in [2.45, 2.75) is 6.92 Å². The number of aromatic nitrogens is 4. The predicted molar refractivity (Wildman–Crippen MR) is 95.4 cm³/mol. The summed E-state index contributed by atoms with van der Waals surface area (Å²) < 4.78 is 7.08. The summed E-state index contributed by atoms with van der Waals surface area (Å²) in [7, 11) is 0. The average molecular weight is 396 g/mol. The van der Waals surface area contributed by atoms with Crippen molar-refractivity contribution in [1.82, 2.24) is 19.5 Å². The van der Waals surface area contributed by atoms with Crippen LogP contribution in [0, 0.1) is 6.92 Å². The van der Waals surface area contributed by atoms with E-state index in [1.807, 2.05) is 19.2 Å². The van der Waals surface area contributed by atoms with Gasteiger partial charge in [0.25, 0.3) is 5.89 Å². The third kappa shape index (κ3) is 2.82. The van der Waals surface area contributed by atoms with Crippen molar-refractivity contribution in [3.63, 3.8) is 0 Å². The van der Waals surface area contributed by atoms with Crippen LogP contribution in [0.3, 0.4) is 0 Å². The summed E-state index contributed by atoms with van der Waals surface area (Å²) >= 11 is 18.2. The highest BCUT2D eigenvalue weighted by Gasteiger charge is 2.18. The van der Waals surface area contributed by atoms with E-state index in [9.17, 15) is 5.11 Å². The van der Waals surface area contributed by atoms with Gasteiger partial charge in [-0.25, -0.2) is 4.98 Å². The van der Waals surface area contributed by atoms with Crippen LogP contribution in [0.5, 0.6) is 5.75 Å². The fraction of sp³-hybridized carbons (Fsp3) is 0.0625. The Kier molecular flexibility index (Phi) is 3.83. The summed E-state index contributed by atoms with van der Waals surface area (Å²) in [6.07, 6.45) is 3.64. The van der Waals surface area contributed by atoms with Crippen molar-refractivity contribution in [2.24, 2.45) is 0 Å². The van der Waals surface area contributed by atoms with E-state index in [0.29, 0.717) is 21.9 Å². The van der Waals surface area contributed by atoms with Crippen LogP contribution in [0.2, 0.25) is 15.1 Å². The molecule has 0 fully saturated rings. The Bertz CT molecular complexity index is 1120. The van der Waals surface area contributed by atoms with Gasteiger partial charge in [0.2, 0.25) is 5.82 Å². The summed E-state index contributed by atoms with van der Waals surface area (Å²) in [5.41, 5.74) is 2.51. The van der Waals surface area contributed by atoms with Crippen LogP contribution < -0.4 is 0 Å². The zero-order valence-electron chi connectivity index (χ0n) is 12.7. The van der Waals surface area contributed by atoms with Crippen LogP contribution in [-0.4, -0.2) is 24.6 Å². The number of phenols is 1. The molecule has 4 rings (SSSR count). The first-order valence-electron chi connectivity index (χ1n) is 7.09. The number of hydrogen-bond donors (Lipinski definition) is 1. The second-order valence-electron chi connectivity index (χ2n) is 5.43. The number of aryl methyl sites for hydroxylation is 1. The molecule has 0 saturated heterocycles. The van der Waals surface area contributed by atoms with Crippen molar-refractivity contribution in [3.8, 4) is 28.7 Å². The first-order chi connectivity index (χ1) is 11.9. The van der Waals surface area contributed by atoms with Gasteiger partial charge in [-0.3, -0.25) is 0 Å². The third-order valence-electron chi connectivity index (χ3n) is 3.57. The van der Waals surface area contributed by atoms with E-state index in [0.717, 1.165) is 5.56 Å². The van der Waals surface area contributed by atoms with E-state index in [1.54, 1.807) is 10.6 Å². The molecule has 3 aromatic heterocycles. The van der Waals surface area contributed by atoms with Crippen LogP contribution >= 0.6 is 34.8 Å². The number of rotatable bonds is 2. The fourth-order valence-electron chi connectivity index (χ4n) is 2.44. The lowest BCUT2D eigenvalue weighted by Crippen LogP contribution is -1.85. The van der Waals surface area contributed by atoms with Crippen molar-refractivity contribution in [3.05, 3.63) is 51.2 Å². The Morgan fingerprint density at radius 1 is 1.00 bits per heavy atom. The number of imidazole rings is 1. The molecule has 0 bridgehead atoms. The SMILES string of the molecule is Cc1cc(Cl)c2nc(-c3nc(-c4cc(Cl)c(O)cc4Cl)no3)cn2c1. The number of pyridine rings is 1. The summed E-state index contributed by atoms with van der Waals surface area (Å²) in [5, 5.41) is 14.4. The largest absolute Gasteiger partial charge is 0.506 e. The molecule has 6 nitrogen and oxygen atoms in total. The molecule has 4 aromatic rings. The lowest BCUT2D eigenvalue weighted by molar-refractivity contribution is 0.431. The highest BCUT2D eigenvalue weighted by molar-refractivity contribution is 6.36. The first-order valence-corrected chi connectivity index (χ1v) is 8.23.